The lowest BCUT2D eigenvalue weighted by Crippen LogP contribution is -2.54. The van der Waals surface area contributed by atoms with Crippen LogP contribution in [0.2, 0.25) is 0 Å². The average molecular weight is 316 g/mol. The molecule has 0 saturated heterocycles. The fraction of sp³-hybridized carbons (Fsp3) is 0.500. The van der Waals surface area contributed by atoms with Crippen LogP contribution in [0, 0.1) is 10.8 Å². The zero-order valence-corrected chi connectivity index (χ0v) is 12.3. The number of amides is 4. The molecule has 4 amide bonds. The molecule has 0 aromatic heterocycles. The normalized spacial score (nSPS) is 11.3. The highest BCUT2D eigenvalue weighted by Gasteiger charge is 2.43. The Labute approximate surface area is 124 Å². The average Bonchev–Trinajstić information content (AvgIpc) is 2.37. The number of rotatable bonds is 4. The molecular weight excluding hydrogens is 300 g/mol. The molecule has 0 aromatic carbocycles. The molecule has 0 spiro atoms. The minimum Gasteiger partial charge on any atom is -0.480 e. The van der Waals surface area contributed by atoms with E-state index in [1.54, 1.807) is 5.32 Å². The fourth-order valence-electron chi connectivity index (χ4n) is 0.929. The van der Waals surface area contributed by atoms with Crippen molar-refractivity contribution >= 4 is 35.6 Å². The van der Waals surface area contributed by atoms with Crippen LogP contribution in [0.5, 0.6) is 0 Å². The highest BCUT2D eigenvalue weighted by Crippen LogP contribution is 2.19. The van der Waals surface area contributed by atoms with Gasteiger partial charge in [-0.05, 0) is 27.7 Å². The quantitative estimate of drug-likeness (QED) is 0.359. The number of nitrogens with one attached hydrogen (secondary N) is 2. The maximum atomic E-state index is 11.9. The Hall–Kier alpha value is -2.78. The Morgan fingerprint density at radius 2 is 1.05 bits per heavy atom. The van der Waals surface area contributed by atoms with Crippen molar-refractivity contribution in [3.05, 3.63) is 0 Å². The molecule has 0 aliphatic carbocycles. The first-order valence-electron chi connectivity index (χ1n) is 5.92. The van der Waals surface area contributed by atoms with Crippen LogP contribution in [0.1, 0.15) is 27.7 Å². The molecule has 0 fully saturated rings. The summed E-state index contributed by atoms with van der Waals surface area (Å²) in [7, 11) is 0. The summed E-state index contributed by atoms with van der Waals surface area (Å²) >= 11 is 0. The number of hydrogen-bond donors (Lipinski definition) is 4. The molecule has 0 aliphatic heterocycles. The largest absolute Gasteiger partial charge is 0.480 e. The van der Waals surface area contributed by atoms with Gasteiger partial charge in [0.15, 0.2) is 0 Å². The predicted molar refractivity (Wildman–Crippen MR) is 69.1 cm³/mol. The first kappa shape index (κ1) is 19.2. The molecule has 0 heterocycles. The van der Waals surface area contributed by atoms with Crippen molar-refractivity contribution in [1.82, 2.24) is 10.6 Å². The highest BCUT2D eigenvalue weighted by molar-refractivity contribution is 6.35. The van der Waals surface area contributed by atoms with E-state index in [0.717, 1.165) is 27.7 Å². The lowest BCUT2D eigenvalue weighted by atomic mass is 9.88. The first-order chi connectivity index (χ1) is 9.74. The summed E-state index contributed by atoms with van der Waals surface area (Å²) in [5, 5.41) is 20.4. The van der Waals surface area contributed by atoms with Crippen molar-refractivity contribution in [2.24, 2.45) is 10.8 Å². The molecular formula is C12H16N2O8. The minimum atomic E-state index is -1.98. The van der Waals surface area contributed by atoms with Crippen molar-refractivity contribution in [3.63, 3.8) is 0 Å². The second-order valence-corrected chi connectivity index (χ2v) is 5.43. The summed E-state index contributed by atoms with van der Waals surface area (Å²) < 4.78 is 0. The van der Waals surface area contributed by atoms with Crippen LogP contribution >= 0.6 is 0 Å². The third-order valence-corrected chi connectivity index (χ3v) is 2.89. The van der Waals surface area contributed by atoms with Crippen LogP contribution in [0.15, 0.2) is 0 Å². The van der Waals surface area contributed by atoms with Crippen molar-refractivity contribution in [2.75, 3.05) is 0 Å². The van der Waals surface area contributed by atoms with Gasteiger partial charge in [-0.15, -0.1) is 0 Å². The summed E-state index contributed by atoms with van der Waals surface area (Å²) in [6.07, 6.45) is 0. The maximum Gasteiger partial charge on any atom is 0.394 e. The van der Waals surface area contributed by atoms with Crippen LogP contribution in [0.4, 0.5) is 0 Å². The van der Waals surface area contributed by atoms with Crippen LogP contribution in [0.3, 0.4) is 0 Å². The summed E-state index contributed by atoms with van der Waals surface area (Å²) in [5.41, 5.74) is -3.89. The Kier molecular flexibility index (Phi) is 5.53. The number of carbonyl (C=O) groups is 6. The molecule has 122 valence electrons. The van der Waals surface area contributed by atoms with E-state index in [4.69, 9.17) is 10.2 Å². The van der Waals surface area contributed by atoms with Gasteiger partial charge < -0.3 is 10.2 Å². The first-order valence-corrected chi connectivity index (χ1v) is 5.92. The fourth-order valence-corrected chi connectivity index (χ4v) is 0.929. The second-order valence-electron chi connectivity index (χ2n) is 5.43. The summed E-state index contributed by atoms with van der Waals surface area (Å²) in [5.74, 6) is -8.63. The van der Waals surface area contributed by atoms with Crippen molar-refractivity contribution in [1.29, 1.82) is 0 Å². The summed E-state index contributed by atoms with van der Waals surface area (Å²) in [4.78, 5) is 67.4. The SMILES string of the molecule is CC(C)(C(=O)O)C(=O)NC(=O)C(C)(C)C(=O)NC(=O)C(=O)O. The van der Waals surface area contributed by atoms with Gasteiger partial charge in [-0.3, -0.25) is 34.6 Å². The molecule has 22 heavy (non-hydrogen) atoms. The van der Waals surface area contributed by atoms with E-state index in [9.17, 15) is 28.8 Å². The monoisotopic (exact) mass is 316 g/mol. The lowest BCUT2D eigenvalue weighted by Gasteiger charge is -2.24. The zero-order valence-electron chi connectivity index (χ0n) is 12.3. The van der Waals surface area contributed by atoms with E-state index in [2.05, 4.69) is 0 Å². The topological polar surface area (TPSA) is 167 Å². The van der Waals surface area contributed by atoms with Crippen LogP contribution < -0.4 is 10.6 Å². The number of aliphatic carboxylic acids is 2. The number of carboxylic acids is 2. The van der Waals surface area contributed by atoms with Crippen molar-refractivity contribution in [2.45, 2.75) is 27.7 Å². The maximum absolute atomic E-state index is 11.9. The van der Waals surface area contributed by atoms with Gasteiger partial charge in [-0.2, -0.15) is 0 Å². The second kappa shape index (κ2) is 6.33. The minimum absolute atomic E-state index is 1.04. The molecule has 0 radical (unpaired) electrons. The van der Waals surface area contributed by atoms with E-state index in [0.29, 0.717) is 0 Å². The Balaban J connectivity index is 5.08. The van der Waals surface area contributed by atoms with Gasteiger partial charge in [0.2, 0.25) is 17.7 Å². The Morgan fingerprint density at radius 3 is 1.41 bits per heavy atom. The van der Waals surface area contributed by atoms with Crippen LogP contribution in [-0.2, 0) is 28.8 Å². The zero-order chi connectivity index (χ0) is 17.9. The van der Waals surface area contributed by atoms with Crippen LogP contribution in [-0.4, -0.2) is 45.8 Å². The van der Waals surface area contributed by atoms with Gasteiger partial charge >= 0.3 is 17.8 Å². The smallest absolute Gasteiger partial charge is 0.394 e. The molecule has 10 heteroatoms. The number of hydrogen-bond acceptors (Lipinski definition) is 6. The van der Waals surface area contributed by atoms with Gasteiger partial charge in [-0.1, -0.05) is 0 Å². The molecule has 0 aliphatic rings. The highest BCUT2D eigenvalue weighted by atomic mass is 16.4. The Bertz CT molecular complexity index is 561. The van der Waals surface area contributed by atoms with E-state index in [1.165, 1.54) is 5.32 Å². The molecule has 0 saturated carbocycles. The van der Waals surface area contributed by atoms with Crippen LogP contribution in [0.25, 0.3) is 0 Å². The number of imide groups is 2. The molecule has 0 unspecified atom stereocenters. The standard InChI is InChI=1S/C12H16N2O8/c1-11(2,7(18)13-5(15)6(16)17)8(19)14-9(20)12(3,4)10(21)22/h1-4H3,(H,16,17)(H,21,22)(H,13,15,18)(H,14,19,20). The van der Waals surface area contributed by atoms with Gasteiger partial charge in [0.1, 0.15) is 10.8 Å². The lowest BCUT2D eigenvalue weighted by molar-refractivity contribution is -0.156. The molecule has 0 atom stereocenters. The number of carbonyl (C=O) groups excluding carboxylic acids is 4. The molecule has 0 bridgehead atoms. The molecule has 4 N–H and O–H groups in total. The van der Waals surface area contributed by atoms with Crippen molar-refractivity contribution in [3.8, 4) is 0 Å². The molecule has 10 nitrogen and oxygen atoms in total. The Morgan fingerprint density at radius 1 is 0.682 bits per heavy atom. The summed E-state index contributed by atoms with van der Waals surface area (Å²) in [6.45, 7) is 4.18. The molecule has 0 rings (SSSR count). The van der Waals surface area contributed by atoms with Gasteiger partial charge in [0.05, 0.1) is 0 Å². The van der Waals surface area contributed by atoms with E-state index < -0.39 is 46.4 Å². The van der Waals surface area contributed by atoms with E-state index >= 15 is 0 Å². The van der Waals surface area contributed by atoms with Crippen molar-refractivity contribution < 1.29 is 39.0 Å². The predicted octanol–water partition coefficient (Wildman–Crippen LogP) is -1.51. The van der Waals surface area contributed by atoms with Gasteiger partial charge in [-0.25, -0.2) is 4.79 Å². The van der Waals surface area contributed by atoms with Gasteiger partial charge in [0, 0.05) is 0 Å². The van der Waals surface area contributed by atoms with E-state index in [-0.39, 0.29) is 0 Å². The third kappa shape index (κ3) is 4.11. The van der Waals surface area contributed by atoms with E-state index in [1.807, 2.05) is 0 Å². The van der Waals surface area contributed by atoms with Gasteiger partial charge in [0.25, 0.3) is 0 Å². The summed E-state index contributed by atoms with van der Waals surface area (Å²) in [6, 6.07) is 0. The third-order valence-electron chi connectivity index (χ3n) is 2.89. The molecule has 0 aromatic rings. The number of carboxylic acid groups (broad SMARTS) is 2.